The Morgan fingerprint density at radius 2 is 2.11 bits per heavy atom. The molecule has 0 aliphatic rings. The smallest absolute Gasteiger partial charge is 0.228 e. The first-order valence-corrected chi connectivity index (χ1v) is 6.23. The van der Waals surface area contributed by atoms with E-state index in [1.54, 1.807) is 12.5 Å². The molecule has 0 fully saturated rings. The minimum absolute atomic E-state index is 0.0810. The number of hydrogen-bond donors (Lipinski definition) is 2. The Bertz CT molecular complexity index is 548. The molecule has 3 N–H and O–H groups in total. The maximum absolute atomic E-state index is 12.1. The number of rotatable bonds is 4. The molecule has 0 spiro atoms. The molecule has 5 heteroatoms. The second-order valence-corrected chi connectivity index (χ2v) is 4.62. The number of benzene rings is 1. The molecule has 2 atom stereocenters. The molecule has 1 amide bonds. The van der Waals surface area contributed by atoms with Gasteiger partial charge in [-0.2, -0.15) is 0 Å². The first kappa shape index (κ1) is 13.3. The number of carbonyl (C=O) groups is 1. The number of hydrogen-bond acceptors (Lipinski definition) is 3. The number of nitrogens with two attached hydrogens (primary N) is 1. The van der Waals surface area contributed by atoms with E-state index in [1.807, 2.05) is 48.9 Å². The highest BCUT2D eigenvalue weighted by Crippen LogP contribution is 2.20. The number of nitrogens with zero attached hydrogens (tertiary/aromatic N) is 2. The van der Waals surface area contributed by atoms with Gasteiger partial charge in [0, 0.05) is 18.4 Å². The van der Waals surface area contributed by atoms with Crippen molar-refractivity contribution in [2.45, 2.75) is 19.9 Å². The van der Waals surface area contributed by atoms with Crippen LogP contribution < -0.4 is 11.1 Å². The summed E-state index contributed by atoms with van der Waals surface area (Å²) in [7, 11) is 0. The summed E-state index contributed by atoms with van der Waals surface area (Å²) in [5, 5.41) is 2.91. The van der Waals surface area contributed by atoms with Crippen LogP contribution in [0.2, 0.25) is 0 Å². The predicted octanol–water partition coefficient (Wildman–Crippen LogP) is 1.79. The Hall–Kier alpha value is -2.14. The Kier molecular flexibility index (Phi) is 3.97. The Morgan fingerprint density at radius 1 is 1.37 bits per heavy atom. The maximum atomic E-state index is 12.1. The fourth-order valence-electron chi connectivity index (χ4n) is 1.69. The average Bonchev–Trinajstić information content (AvgIpc) is 2.92. The fraction of sp³-hybridized carbons (Fsp3) is 0.286. The van der Waals surface area contributed by atoms with Crippen molar-refractivity contribution in [1.82, 2.24) is 9.55 Å². The third-order valence-corrected chi connectivity index (χ3v) is 3.15. The van der Waals surface area contributed by atoms with Crippen LogP contribution in [0.1, 0.15) is 13.8 Å². The summed E-state index contributed by atoms with van der Waals surface area (Å²) in [6.45, 7) is 3.64. The summed E-state index contributed by atoms with van der Waals surface area (Å²) in [6.07, 6.45) is 5.23. The predicted molar refractivity (Wildman–Crippen MR) is 75.0 cm³/mol. The summed E-state index contributed by atoms with van der Waals surface area (Å²) in [6, 6.07) is 7.40. The van der Waals surface area contributed by atoms with Gasteiger partial charge in [-0.3, -0.25) is 4.79 Å². The van der Waals surface area contributed by atoms with Crippen LogP contribution in [-0.2, 0) is 4.79 Å². The minimum atomic E-state index is -0.240. The van der Waals surface area contributed by atoms with Crippen molar-refractivity contribution < 1.29 is 4.79 Å². The van der Waals surface area contributed by atoms with Gasteiger partial charge >= 0.3 is 0 Å². The molecule has 0 saturated carbocycles. The van der Waals surface area contributed by atoms with Crippen molar-refractivity contribution in [2.24, 2.45) is 11.7 Å². The first-order valence-electron chi connectivity index (χ1n) is 6.23. The van der Waals surface area contributed by atoms with Gasteiger partial charge in [-0.15, -0.1) is 0 Å². The zero-order valence-corrected chi connectivity index (χ0v) is 11.1. The quantitative estimate of drug-likeness (QED) is 0.878. The standard InChI is InChI=1S/C14H18N4O/c1-10(11(2)15)14(19)17-12-5-3-4-6-13(12)18-8-7-16-9-18/h3-11H,15H2,1-2H3,(H,17,19). The van der Waals surface area contributed by atoms with E-state index in [1.165, 1.54) is 0 Å². The molecule has 19 heavy (non-hydrogen) atoms. The summed E-state index contributed by atoms with van der Waals surface area (Å²) < 4.78 is 1.85. The van der Waals surface area contributed by atoms with E-state index in [2.05, 4.69) is 10.3 Å². The molecule has 2 aromatic rings. The van der Waals surface area contributed by atoms with Crippen molar-refractivity contribution in [3.05, 3.63) is 43.0 Å². The summed E-state index contributed by atoms with van der Waals surface area (Å²) in [4.78, 5) is 16.1. The summed E-state index contributed by atoms with van der Waals surface area (Å²) in [5.74, 6) is -0.321. The van der Waals surface area contributed by atoms with Gasteiger partial charge in [0.15, 0.2) is 0 Å². The van der Waals surface area contributed by atoms with Crippen LogP contribution in [0, 0.1) is 5.92 Å². The highest BCUT2D eigenvalue weighted by molar-refractivity contribution is 5.94. The maximum Gasteiger partial charge on any atom is 0.228 e. The lowest BCUT2D eigenvalue weighted by molar-refractivity contribution is -0.119. The number of carbonyl (C=O) groups excluding carboxylic acids is 1. The molecule has 0 saturated heterocycles. The highest BCUT2D eigenvalue weighted by atomic mass is 16.1. The number of para-hydroxylation sites is 2. The molecule has 1 aromatic heterocycles. The van der Waals surface area contributed by atoms with Gasteiger partial charge < -0.3 is 15.6 Å². The van der Waals surface area contributed by atoms with Gasteiger partial charge in [0.25, 0.3) is 0 Å². The molecule has 0 aliphatic heterocycles. The molecule has 1 heterocycles. The van der Waals surface area contributed by atoms with E-state index in [-0.39, 0.29) is 17.9 Å². The van der Waals surface area contributed by atoms with E-state index < -0.39 is 0 Å². The van der Waals surface area contributed by atoms with Gasteiger partial charge in [0.05, 0.1) is 23.6 Å². The molecule has 2 rings (SSSR count). The zero-order chi connectivity index (χ0) is 13.8. The molecule has 1 aromatic carbocycles. The van der Waals surface area contributed by atoms with Crippen molar-refractivity contribution in [3.8, 4) is 5.69 Å². The van der Waals surface area contributed by atoms with E-state index in [0.29, 0.717) is 0 Å². The van der Waals surface area contributed by atoms with Crippen LogP contribution in [0.5, 0.6) is 0 Å². The minimum Gasteiger partial charge on any atom is -0.327 e. The van der Waals surface area contributed by atoms with Crippen LogP contribution >= 0.6 is 0 Å². The molecule has 5 nitrogen and oxygen atoms in total. The van der Waals surface area contributed by atoms with Crippen molar-refractivity contribution in [2.75, 3.05) is 5.32 Å². The van der Waals surface area contributed by atoms with E-state index >= 15 is 0 Å². The van der Waals surface area contributed by atoms with Crippen molar-refractivity contribution >= 4 is 11.6 Å². The van der Waals surface area contributed by atoms with Gasteiger partial charge in [0.2, 0.25) is 5.91 Å². The van der Waals surface area contributed by atoms with Gasteiger partial charge in [-0.25, -0.2) is 4.98 Å². The third kappa shape index (κ3) is 3.00. The number of nitrogens with one attached hydrogen (secondary N) is 1. The average molecular weight is 258 g/mol. The molecule has 0 bridgehead atoms. The molecule has 100 valence electrons. The lowest BCUT2D eigenvalue weighted by Gasteiger charge is -2.17. The Balaban J connectivity index is 2.24. The third-order valence-electron chi connectivity index (χ3n) is 3.15. The molecule has 0 aliphatic carbocycles. The van der Waals surface area contributed by atoms with Crippen molar-refractivity contribution in [1.29, 1.82) is 0 Å². The van der Waals surface area contributed by atoms with Crippen LogP contribution in [0.25, 0.3) is 5.69 Å². The Labute approximate surface area is 112 Å². The van der Waals surface area contributed by atoms with Crippen LogP contribution in [0.3, 0.4) is 0 Å². The summed E-state index contributed by atoms with van der Waals surface area (Å²) >= 11 is 0. The van der Waals surface area contributed by atoms with Gasteiger partial charge in [0.1, 0.15) is 0 Å². The van der Waals surface area contributed by atoms with Crippen LogP contribution in [0.4, 0.5) is 5.69 Å². The largest absolute Gasteiger partial charge is 0.327 e. The first-order chi connectivity index (χ1) is 9.09. The van der Waals surface area contributed by atoms with Crippen molar-refractivity contribution in [3.63, 3.8) is 0 Å². The molecular formula is C14H18N4O. The van der Waals surface area contributed by atoms with Crippen LogP contribution in [-0.4, -0.2) is 21.5 Å². The second-order valence-electron chi connectivity index (χ2n) is 4.62. The molecule has 2 unspecified atom stereocenters. The lowest BCUT2D eigenvalue weighted by atomic mass is 10.0. The number of imidazole rings is 1. The topological polar surface area (TPSA) is 72.9 Å². The number of amides is 1. The second kappa shape index (κ2) is 5.67. The normalized spacial score (nSPS) is 13.8. The van der Waals surface area contributed by atoms with E-state index in [9.17, 15) is 4.79 Å². The van der Waals surface area contributed by atoms with E-state index in [4.69, 9.17) is 5.73 Å². The highest BCUT2D eigenvalue weighted by Gasteiger charge is 2.18. The van der Waals surface area contributed by atoms with Crippen LogP contribution in [0.15, 0.2) is 43.0 Å². The molecular weight excluding hydrogens is 240 g/mol. The number of aromatic nitrogens is 2. The summed E-state index contributed by atoms with van der Waals surface area (Å²) in [5.41, 5.74) is 7.38. The van der Waals surface area contributed by atoms with Gasteiger partial charge in [-0.05, 0) is 19.1 Å². The fourth-order valence-corrected chi connectivity index (χ4v) is 1.69. The zero-order valence-electron chi connectivity index (χ0n) is 11.1. The van der Waals surface area contributed by atoms with Gasteiger partial charge in [-0.1, -0.05) is 19.1 Å². The monoisotopic (exact) mass is 258 g/mol. The number of anilines is 1. The lowest BCUT2D eigenvalue weighted by Crippen LogP contribution is -2.34. The SMILES string of the molecule is CC(N)C(C)C(=O)Nc1ccccc1-n1ccnc1. The Morgan fingerprint density at radius 3 is 2.74 bits per heavy atom. The molecule has 0 radical (unpaired) electrons. The van der Waals surface area contributed by atoms with E-state index in [0.717, 1.165) is 11.4 Å².